The molecule has 3 aromatic rings. The second-order valence-corrected chi connectivity index (χ2v) is 12.0. The third-order valence-electron chi connectivity index (χ3n) is 7.22. The van der Waals surface area contributed by atoms with Crippen LogP contribution in [-0.2, 0) is 10.5 Å². The highest BCUT2D eigenvalue weighted by atomic mass is 127. The fourth-order valence-electron chi connectivity index (χ4n) is 5.39. The Morgan fingerprint density at radius 3 is 2.50 bits per heavy atom. The Morgan fingerprint density at radius 2 is 1.82 bits per heavy atom. The van der Waals surface area contributed by atoms with Crippen LogP contribution in [0.4, 0.5) is 10.1 Å². The number of rotatable bonds is 5. The van der Waals surface area contributed by atoms with E-state index in [1.807, 2.05) is 36.1 Å². The Morgan fingerprint density at radius 1 is 1.11 bits per heavy atom. The Balaban J connectivity index is 1.62. The molecule has 1 unspecified atom stereocenters. The molecule has 7 heteroatoms. The second kappa shape index (κ2) is 11.0. The summed E-state index contributed by atoms with van der Waals surface area (Å²) in [6, 6.07) is 21.1. The Kier molecular flexibility index (Phi) is 7.64. The average molecular weight is 636 g/mol. The van der Waals surface area contributed by atoms with Crippen LogP contribution in [0.15, 0.2) is 88.2 Å². The molecule has 0 radical (unpaired) electrons. The van der Waals surface area contributed by atoms with Crippen molar-refractivity contribution in [1.29, 1.82) is 5.26 Å². The number of Topliss-reactive ketones (excluding diaryl/α,β-unsaturated/α-hetero) is 1. The van der Waals surface area contributed by atoms with Gasteiger partial charge in [0.25, 0.3) is 0 Å². The summed E-state index contributed by atoms with van der Waals surface area (Å²) in [7, 11) is 0. The molecule has 192 valence electrons. The van der Waals surface area contributed by atoms with E-state index in [9.17, 15) is 14.4 Å². The smallest absolute Gasteiger partial charge is 0.161 e. The molecule has 0 bridgehead atoms. The van der Waals surface area contributed by atoms with Gasteiger partial charge in [-0.05, 0) is 115 Å². The van der Waals surface area contributed by atoms with Gasteiger partial charge >= 0.3 is 0 Å². The minimum Gasteiger partial charge on any atom is -0.384 e. The van der Waals surface area contributed by atoms with Gasteiger partial charge in [0.05, 0.1) is 17.6 Å². The molecule has 3 aromatic carbocycles. The lowest BCUT2D eigenvalue weighted by Crippen LogP contribution is -2.39. The molecule has 0 saturated carbocycles. The number of allylic oxidation sites excluding steroid dienone is 3. The standard InChI is InChI=1S/C31H27FIN3OS/c1-18-14-20(17-38-24-12-6-21(32)7-13-24)19(2)25(15-18)29-26(16-34)31(35)36(23-10-8-22(33)9-11-23)27-4-3-5-28(37)30(27)29/h6-15,29H,3-5,17,35H2,1-2H3. The van der Waals surface area contributed by atoms with Crippen LogP contribution in [0.1, 0.15) is 47.4 Å². The maximum atomic E-state index is 13.5. The van der Waals surface area contributed by atoms with Gasteiger partial charge in [0, 0.05) is 37.6 Å². The van der Waals surface area contributed by atoms with Crippen molar-refractivity contribution in [1.82, 2.24) is 0 Å². The molecule has 0 amide bonds. The zero-order valence-electron chi connectivity index (χ0n) is 21.2. The van der Waals surface area contributed by atoms with Gasteiger partial charge in [-0.2, -0.15) is 5.26 Å². The van der Waals surface area contributed by atoms with Gasteiger partial charge in [0.15, 0.2) is 5.78 Å². The first-order chi connectivity index (χ1) is 18.3. The molecular formula is C31H27FIN3OS. The van der Waals surface area contributed by atoms with Gasteiger partial charge in [-0.1, -0.05) is 17.7 Å². The summed E-state index contributed by atoms with van der Waals surface area (Å²) < 4.78 is 14.5. The van der Waals surface area contributed by atoms with E-state index in [-0.39, 0.29) is 11.6 Å². The molecule has 1 atom stereocenters. The Bertz CT molecular complexity index is 1520. The quantitative estimate of drug-likeness (QED) is 0.231. The summed E-state index contributed by atoms with van der Waals surface area (Å²) in [4.78, 5) is 16.4. The molecule has 0 spiro atoms. The summed E-state index contributed by atoms with van der Waals surface area (Å²) in [6.07, 6.45) is 1.94. The van der Waals surface area contributed by atoms with E-state index in [2.05, 4.69) is 47.7 Å². The van der Waals surface area contributed by atoms with E-state index in [0.29, 0.717) is 29.1 Å². The number of benzene rings is 3. The molecule has 0 fully saturated rings. The predicted molar refractivity (Wildman–Crippen MR) is 159 cm³/mol. The summed E-state index contributed by atoms with van der Waals surface area (Å²) in [6.45, 7) is 4.09. The molecule has 4 nitrogen and oxygen atoms in total. The third-order valence-corrected chi connectivity index (χ3v) is 9.00. The molecule has 2 aliphatic rings. The van der Waals surface area contributed by atoms with Crippen molar-refractivity contribution in [3.05, 3.63) is 115 Å². The van der Waals surface area contributed by atoms with Gasteiger partial charge in [-0.15, -0.1) is 11.8 Å². The number of carbonyl (C=O) groups excluding carboxylic acids is 1. The molecule has 1 aliphatic carbocycles. The van der Waals surface area contributed by atoms with E-state index in [1.54, 1.807) is 23.9 Å². The summed E-state index contributed by atoms with van der Waals surface area (Å²) in [5.74, 6) is 0.395. The van der Waals surface area contributed by atoms with Crippen molar-refractivity contribution in [2.45, 2.75) is 49.7 Å². The maximum Gasteiger partial charge on any atom is 0.161 e. The molecule has 1 aliphatic heterocycles. The molecule has 2 N–H and O–H groups in total. The van der Waals surface area contributed by atoms with Crippen LogP contribution >= 0.6 is 34.4 Å². The summed E-state index contributed by atoms with van der Waals surface area (Å²) in [5.41, 5.74) is 13.8. The van der Waals surface area contributed by atoms with Crippen molar-refractivity contribution in [3.63, 3.8) is 0 Å². The van der Waals surface area contributed by atoms with Gasteiger partial charge in [-0.3, -0.25) is 9.69 Å². The van der Waals surface area contributed by atoms with Crippen molar-refractivity contribution in [3.8, 4) is 6.07 Å². The molecular weight excluding hydrogens is 608 g/mol. The number of nitrogens with zero attached hydrogens (tertiary/aromatic N) is 2. The number of nitrogens with two attached hydrogens (primary N) is 1. The topological polar surface area (TPSA) is 70.1 Å². The average Bonchev–Trinajstić information content (AvgIpc) is 2.90. The second-order valence-electron chi connectivity index (χ2n) is 9.67. The van der Waals surface area contributed by atoms with Crippen LogP contribution < -0.4 is 10.6 Å². The first-order valence-electron chi connectivity index (χ1n) is 12.5. The zero-order valence-corrected chi connectivity index (χ0v) is 24.2. The highest BCUT2D eigenvalue weighted by Crippen LogP contribution is 2.47. The van der Waals surface area contributed by atoms with E-state index >= 15 is 0 Å². The first kappa shape index (κ1) is 26.5. The van der Waals surface area contributed by atoms with Gasteiger partial charge < -0.3 is 5.73 Å². The maximum absolute atomic E-state index is 13.5. The zero-order chi connectivity index (χ0) is 27.0. The van der Waals surface area contributed by atoms with Crippen LogP contribution in [0.25, 0.3) is 0 Å². The Labute approximate surface area is 240 Å². The number of ketones is 1. The Hall–Kier alpha value is -3.09. The van der Waals surface area contributed by atoms with Gasteiger partial charge in [0.1, 0.15) is 11.6 Å². The van der Waals surface area contributed by atoms with Crippen LogP contribution in [-0.4, -0.2) is 5.78 Å². The number of halogens is 2. The normalized spacial score (nSPS) is 17.5. The SMILES string of the molecule is Cc1cc(CSc2ccc(F)cc2)c(C)c(C2C(C#N)=C(N)N(c3ccc(I)cc3)C3=C2C(=O)CCC3)c1. The van der Waals surface area contributed by atoms with E-state index in [0.717, 1.165) is 54.9 Å². The molecule has 0 aromatic heterocycles. The summed E-state index contributed by atoms with van der Waals surface area (Å²) in [5, 5.41) is 10.4. The number of nitriles is 1. The van der Waals surface area contributed by atoms with Crippen LogP contribution in [0.5, 0.6) is 0 Å². The number of hydrogen-bond acceptors (Lipinski definition) is 5. The van der Waals surface area contributed by atoms with Crippen molar-refractivity contribution in [2.24, 2.45) is 5.73 Å². The number of hydrogen-bond donors (Lipinski definition) is 1. The largest absolute Gasteiger partial charge is 0.384 e. The number of carbonyl (C=O) groups is 1. The van der Waals surface area contributed by atoms with E-state index in [4.69, 9.17) is 5.73 Å². The minimum atomic E-state index is -0.502. The number of anilines is 1. The van der Waals surface area contributed by atoms with Gasteiger partial charge in [-0.25, -0.2) is 4.39 Å². The first-order valence-corrected chi connectivity index (χ1v) is 14.5. The van der Waals surface area contributed by atoms with Gasteiger partial charge in [0.2, 0.25) is 0 Å². The number of thioether (sulfide) groups is 1. The van der Waals surface area contributed by atoms with Crippen LogP contribution in [0, 0.1) is 34.6 Å². The lowest BCUT2D eigenvalue weighted by atomic mass is 9.73. The highest BCUT2D eigenvalue weighted by molar-refractivity contribution is 14.1. The predicted octanol–water partition coefficient (Wildman–Crippen LogP) is 7.64. The molecule has 1 heterocycles. The van der Waals surface area contributed by atoms with Crippen molar-refractivity contribution >= 4 is 45.8 Å². The number of aryl methyl sites for hydroxylation is 1. The fourth-order valence-corrected chi connectivity index (χ4v) is 6.70. The van der Waals surface area contributed by atoms with Crippen molar-refractivity contribution in [2.75, 3.05) is 4.90 Å². The third kappa shape index (κ3) is 4.99. The fraction of sp³-hybridized carbons (Fsp3) is 0.226. The van der Waals surface area contributed by atoms with E-state index in [1.165, 1.54) is 12.1 Å². The summed E-state index contributed by atoms with van der Waals surface area (Å²) >= 11 is 3.89. The van der Waals surface area contributed by atoms with Crippen LogP contribution in [0.3, 0.4) is 0 Å². The minimum absolute atomic E-state index is 0.0788. The van der Waals surface area contributed by atoms with Crippen LogP contribution in [0.2, 0.25) is 0 Å². The molecule has 5 rings (SSSR count). The molecule has 38 heavy (non-hydrogen) atoms. The highest BCUT2D eigenvalue weighted by Gasteiger charge is 2.41. The lowest BCUT2D eigenvalue weighted by Gasteiger charge is -2.40. The van der Waals surface area contributed by atoms with Crippen molar-refractivity contribution < 1.29 is 9.18 Å². The lowest BCUT2D eigenvalue weighted by molar-refractivity contribution is -0.116. The van der Waals surface area contributed by atoms with E-state index < -0.39 is 5.92 Å². The molecule has 0 saturated heterocycles. The monoisotopic (exact) mass is 635 g/mol.